The maximum atomic E-state index is 13.5. The minimum atomic E-state index is -0.565. The average Bonchev–Trinajstić information content (AvgIpc) is 2.34. The van der Waals surface area contributed by atoms with Gasteiger partial charge in [-0.1, -0.05) is 11.6 Å². The quantitative estimate of drug-likeness (QED) is 0.902. The van der Waals surface area contributed by atoms with Crippen LogP contribution in [0.2, 0.25) is 5.15 Å². The molecule has 3 nitrogen and oxygen atoms in total. The predicted molar refractivity (Wildman–Crippen MR) is 66.2 cm³/mol. The molecule has 0 aliphatic heterocycles. The van der Waals surface area contributed by atoms with Gasteiger partial charge in [-0.05, 0) is 37.1 Å². The molecule has 2 aromatic rings. The second-order valence-corrected chi connectivity index (χ2v) is 4.20. The van der Waals surface area contributed by atoms with Gasteiger partial charge in [0.05, 0.1) is 5.69 Å². The number of nitrogens with one attached hydrogen (secondary N) is 1. The lowest BCUT2D eigenvalue weighted by Crippen LogP contribution is -2.03. The van der Waals surface area contributed by atoms with E-state index in [2.05, 4.69) is 15.5 Å². The highest BCUT2D eigenvalue weighted by molar-refractivity contribution is 6.30. The zero-order chi connectivity index (χ0) is 13.3. The first-order chi connectivity index (χ1) is 8.49. The third-order valence-corrected chi connectivity index (χ3v) is 3.01. The Morgan fingerprint density at radius 1 is 1.11 bits per heavy atom. The van der Waals surface area contributed by atoms with Crippen LogP contribution in [-0.4, -0.2) is 10.2 Å². The van der Waals surface area contributed by atoms with Crippen LogP contribution in [0.1, 0.15) is 11.1 Å². The molecule has 0 radical (unpaired) electrons. The minimum absolute atomic E-state index is 0.00845. The van der Waals surface area contributed by atoms with E-state index < -0.39 is 11.6 Å². The lowest BCUT2D eigenvalue weighted by Gasteiger charge is -2.11. The first kappa shape index (κ1) is 12.7. The largest absolute Gasteiger partial charge is 0.336 e. The molecule has 1 aromatic carbocycles. The molecule has 18 heavy (non-hydrogen) atoms. The van der Waals surface area contributed by atoms with E-state index in [0.717, 1.165) is 29.3 Å². The zero-order valence-electron chi connectivity index (χ0n) is 9.76. The molecule has 94 valence electrons. The Morgan fingerprint density at radius 2 is 1.83 bits per heavy atom. The Morgan fingerprint density at radius 3 is 2.56 bits per heavy atom. The van der Waals surface area contributed by atoms with Crippen molar-refractivity contribution in [2.45, 2.75) is 13.8 Å². The molecule has 0 saturated carbocycles. The fourth-order valence-corrected chi connectivity index (χ4v) is 1.60. The molecule has 1 N–H and O–H groups in total. The summed E-state index contributed by atoms with van der Waals surface area (Å²) >= 11 is 5.81. The lowest BCUT2D eigenvalue weighted by atomic mass is 10.2. The third kappa shape index (κ3) is 2.41. The van der Waals surface area contributed by atoms with Gasteiger partial charge in [-0.2, -0.15) is 0 Å². The van der Waals surface area contributed by atoms with Gasteiger partial charge >= 0.3 is 0 Å². The van der Waals surface area contributed by atoms with Crippen molar-refractivity contribution >= 4 is 23.1 Å². The van der Waals surface area contributed by atoms with Crippen LogP contribution in [-0.2, 0) is 0 Å². The Kier molecular flexibility index (Phi) is 3.43. The molecule has 0 aliphatic carbocycles. The molecular weight excluding hydrogens is 260 g/mol. The number of nitrogens with zero attached hydrogens (tertiary/aromatic N) is 2. The van der Waals surface area contributed by atoms with Gasteiger partial charge in [0, 0.05) is 6.07 Å². The molecule has 0 spiro atoms. The first-order valence-electron chi connectivity index (χ1n) is 5.20. The summed E-state index contributed by atoms with van der Waals surface area (Å²) < 4.78 is 26.5. The van der Waals surface area contributed by atoms with Crippen LogP contribution < -0.4 is 5.32 Å². The molecule has 6 heteroatoms. The van der Waals surface area contributed by atoms with E-state index in [-0.39, 0.29) is 10.8 Å². The Labute approximate surface area is 108 Å². The topological polar surface area (TPSA) is 37.8 Å². The number of halogens is 3. The number of hydrogen-bond donors (Lipinski definition) is 1. The second-order valence-electron chi connectivity index (χ2n) is 3.84. The van der Waals surface area contributed by atoms with Crippen LogP contribution in [0.25, 0.3) is 0 Å². The summed E-state index contributed by atoms with van der Waals surface area (Å²) in [5.74, 6) is -0.748. The fourth-order valence-electron chi connectivity index (χ4n) is 1.42. The van der Waals surface area contributed by atoms with Crippen molar-refractivity contribution in [3.63, 3.8) is 0 Å². The summed E-state index contributed by atoms with van der Waals surface area (Å²) in [5, 5.41) is 10.5. The minimum Gasteiger partial charge on any atom is -0.336 e. The van der Waals surface area contributed by atoms with Crippen molar-refractivity contribution in [1.82, 2.24) is 10.2 Å². The van der Waals surface area contributed by atoms with Crippen LogP contribution in [0, 0.1) is 25.5 Å². The molecule has 1 heterocycles. The summed E-state index contributed by atoms with van der Waals surface area (Å²) in [6.07, 6.45) is 0. The fraction of sp³-hybridized carbons (Fsp3) is 0.167. The molecule has 0 saturated heterocycles. The van der Waals surface area contributed by atoms with Gasteiger partial charge in [0.25, 0.3) is 0 Å². The van der Waals surface area contributed by atoms with E-state index in [0.29, 0.717) is 5.82 Å². The summed E-state index contributed by atoms with van der Waals surface area (Å²) in [5.41, 5.74) is 1.48. The average molecular weight is 270 g/mol. The van der Waals surface area contributed by atoms with Crippen LogP contribution in [0.4, 0.5) is 20.3 Å². The van der Waals surface area contributed by atoms with Crippen LogP contribution in [0.5, 0.6) is 0 Å². The lowest BCUT2D eigenvalue weighted by molar-refractivity contribution is 0.603. The van der Waals surface area contributed by atoms with Crippen molar-refractivity contribution in [2.75, 3.05) is 5.32 Å². The van der Waals surface area contributed by atoms with E-state index in [1.807, 2.05) is 0 Å². The molecule has 0 bridgehead atoms. The summed E-state index contributed by atoms with van der Waals surface area (Å²) in [7, 11) is 0. The molecule has 0 atom stereocenters. The van der Waals surface area contributed by atoms with Crippen LogP contribution in [0.3, 0.4) is 0 Å². The van der Waals surface area contributed by atoms with Gasteiger partial charge in [0.2, 0.25) is 0 Å². The molecule has 0 fully saturated rings. The van der Waals surface area contributed by atoms with Crippen molar-refractivity contribution in [1.29, 1.82) is 0 Å². The van der Waals surface area contributed by atoms with Gasteiger partial charge < -0.3 is 5.32 Å². The predicted octanol–water partition coefficient (Wildman–Crippen LogP) is 3.77. The summed E-state index contributed by atoms with van der Waals surface area (Å²) in [6, 6.07) is 3.15. The number of benzene rings is 1. The SMILES string of the molecule is Cc1c(Cl)nnc(Nc2cc(F)ccc2F)c1C. The molecule has 0 amide bonds. The number of rotatable bonds is 2. The van der Waals surface area contributed by atoms with Gasteiger partial charge in [-0.3, -0.25) is 0 Å². The Balaban J connectivity index is 2.40. The van der Waals surface area contributed by atoms with E-state index >= 15 is 0 Å². The standard InChI is InChI=1S/C12H10ClF2N3/c1-6-7(2)12(18-17-11(6)13)16-10-5-8(14)3-4-9(10)15/h3-5H,1-2H3,(H,16,18). The summed E-state index contributed by atoms with van der Waals surface area (Å²) in [6.45, 7) is 3.55. The first-order valence-corrected chi connectivity index (χ1v) is 5.58. The van der Waals surface area contributed by atoms with Crippen molar-refractivity contribution in [2.24, 2.45) is 0 Å². The van der Waals surface area contributed by atoms with Crippen molar-refractivity contribution in [3.8, 4) is 0 Å². The van der Waals surface area contributed by atoms with E-state index in [1.165, 1.54) is 0 Å². The highest BCUT2D eigenvalue weighted by Gasteiger charge is 2.10. The number of aromatic nitrogens is 2. The van der Waals surface area contributed by atoms with Gasteiger partial charge in [-0.15, -0.1) is 10.2 Å². The van der Waals surface area contributed by atoms with Crippen molar-refractivity contribution < 1.29 is 8.78 Å². The maximum absolute atomic E-state index is 13.5. The number of hydrogen-bond acceptors (Lipinski definition) is 3. The van der Waals surface area contributed by atoms with Crippen LogP contribution in [0.15, 0.2) is 18.2 Å². The van der Waals surface area contributed by atoms with E-state index in [4.69, 9.17) is 11.6 Å². The maximum Gasteiger partial charge on any atom is 0.156 e. The van der Waals surface area contributed by atoms with E-state index in [9.17, 15) is 8.78 Å². The van der Waals surface area contributed by atoms with Gasteiger partial charge in [0.15, 0.2) is 11.0 Å². The third-order valence-electron chi connectivity index (χ3n) is 2.65. The van der Waals surface area contributed by atoms with Crippen LogP contribution >= 0.6 is 11.6 Å². The molecule has 2 rings (SSSR count). The Hall–Kier alpha value is -1.75. The second kappa shape index (κ2) is 4.86. The molecule has 1 aromatic heterocycles. The zero-order valence-corrected chi connectivity index (χ0v) is 10.5. The van der Waals surface area contributed by atoms with E-state index in [1.54, 1.807) is 13.8 Å². The normalized spacial score (nSPS) is 10.5. The molecule has 0 unspecified atom stereocenters. The highest BCUT2D eigenvalue weighted by atomic mass is 35.5. The summed E-state index contributed by atoms with van der Waals surface area (Å²) in [4.78, 5) is 0. The Bertz CT molecular complexity index is 602. The molecular formula is C12H10ClF2N3. The van der Waals surface area contributed by atoms with Gasteiger partial charge in [-0.25, -0.2) is 8.78 Å². The monoisotopic (exact) mass is 269 g/mol. The van der Waals surface area contributed by atoms with Crippen molar-refractivity contribution in [3.05, 3.63) is 46.1 Å². The smallest absolute Gasteiger partial charge is 0.156 e. The van der Waals surface area contributed by atoms with Gasteiger partial charge in [0.1, 0.15) is 11.6 Å². The number of anilines is 2. The molecule has 0 aliphatic rings. The highest BCUT2D eigenvalue weighted by Crippen LogP contribution is 2.25.